The van der Waals surface area contributed by atoms with Gasteiger partial charge in [-0.05, 0) is 19.3 Å². The Morgan fingerprint density at radius 1 is 0.471 bits per heavy atom. The highest BCUT2D eigenvalue weighted by atomic mass is 16.3. The van der Waals surface area contributed by atoms with Gasteiger partial charge in [0.25, 0.3) is 0 Å². The van der Waals surface area contributed by atoms with Gasteiger partial charge in [0.1, 0.15) is 6.10 Å². The van der Waals surface area contributed by atoms with Gasteiger partial charge in [0.05, 0.1) is 18.8 Å². The van der Waals surface area contributed by atoms with Gasteiger partial charge in [0.2, 0.25) is 5.91 Å². The van der Waals surface area contributed by atoms with Gasteiger partial charge in [-0.1, -0.05) is 244 Å². The topological polar surface area (TPSA) is 89.8 Å². The van der Waals surface area contributed by atoms with Crippen molar-refractivity contribution in [3.63, 3.8) is 0 Å². The van der Waals surface area contributed by atoms with Crippen LogP contribution in [0.2, 0.25) is 0 Å². The zero-order chi connectivity index (χ0) is 37.3. The van der Waals surface area contributed by atoms with Crippen LogP contribution >= 0.6 is 0 Å². The van der Waals surface area contributed by atoms with Crippen molar-refractivity contribution in [1.82, 2.24) is 5.32 Å². The fourth-order valence-electron chi connectivity index (χ4n) is 7.25. The van der Waals surface area contributed by atoms with Crippen LogP contribution in [0, 0.1) is 0 Å². The lowest BCUT2D eigenvalue weighted by molar-refractivity contribution is -0.131. The minimum absolute atomic E-state index is 0.359. The highest BCUT2D eigenvalue weighted by Gasteiger charge is 2.22. The molecule has 5 nitrogen and oxygen atoms in total. The second-order valence-electron chi connectivity index (χ2n) is 16.0. The van der Waals surface area contributed by atoms with E-state index in [9.17, 15) is 20.1 Å². The quantitative estimate of drug-likeness (QED) is 0.0373. The maximum Gasteiger partial charge on any atom is 0.249 e. The second kappa shape index (κ2) is 41.8. The van der Waals surface area contributed by atoms with Crippen molar-refractivity contribution in [1.29, 1.82) is 0 Å². The molecule has 0 aliphatic carbocycles. The first kappa shape index (κ1) is 50.1. The number of rotatable bonds is 42. The second-order valence-corrected chi connectivity index (χ2v) is 16.0. The number of hydrogen-bond acceptors (Lipinski definition) is 4. The Morgan fingerprint density at radius 3 is 1.08 bits per heavy atom. The smallest absolute Gasteiger partial charge is 0.249 e. The highest BCUT2D eigenvalue weighted by molar-refractivity contribution is 5.80. The summed E-state index contributed by atoms with van der Waals surface area (Å²) in [5, 5.41) is 33.1. The van der Waals surface area contributed by atoms with Crippen molar-refractivity contribution in [2.24, 2.45) is 0 Å². The zero-order valence-corrected chi connectivity index (χ0v) is 34.5. The number of amides is 1. The molecule has 0 spiro atoms. The fourth-order valence-corrected chi connectivity index (χ4v) is 7.25. The Kier molecular flexibility index (Phi) is 41.1. The van der Waals surface area contributed by atoms with Crippen molar-refractivity contribution < 1.29 is 20.1 Å². The first-order chi connectivity index (χ1) is 25.1. The number of aliphatic hydroxyl groups is 3. The fraction of sp³-hybridized carbons (Fsp3) is 0.935. The predicted molar refractivity (Wildman–Crippen MR) is 222 cm³/mol. The van der Waals surface area contributed by atoms with E-state index in [1.54, 1.807) is 6.08 Å². The van der Waals surface area contributed by atoms with E-state index in [2.05, 4.69) is 19.2 Å². The largest absolute Gasteiger partial charge is 0.394 e. The normalized spacial score (nSPS) is 13.6. The molecule has 4 N–H and O–H groups in total. The van der Waals surface area contributed by atoms with Crippen molar-refractivity contribution in [3.05, 3.63) is 12.2 Å². The number of hydrogen-bond donors (Lipinski definition) is 4. The van der Waals surface area contributed by atoms with Gasteiger partial charge in [0, 0.05) is 0 Å². The number of carbonyl (C=O) groups is 1. The lowest BCUT2D eigenvalue weighted by Gasteiger charge is -2.21. The summed E-state index contributed by atoms with van der Waals surface area (Å²) < 4.78 is 0. The van der Waals surface area contributed by atoms with Crippen LogP contribution in [0.5, 0.6) is 0 Å². The Morgan fingerprint density at radius 2 is 0.765 bits per heavy atom. The summed E-state index contributed by atoms with van der Waals surface area (Å²) in [6.07, 6.45) is 49.7. The molecule has 0 bridgehead atoms. The molecule has 51 heavy (non-hydrogen) atoms. The third-order valence-electron chi connectivity index (χ3n) is 10.9. The summed E-state index contributed by atoms with van der Waals surface area (Å²) in [6.45, 7) is 4.19. The lowest BCUT2D eigenvalue weighted by atomic mass is 10.0. The molecule has 0 saturated carbocycles. The van der Waals surface area contributed by atoms with Crippen LogP contribution in [-0.2, 0) is 4.79 Å². The van der Waals surface area contributed by atoms with Crippen LogP contribution in [0.15, 0.2) is 12.2 Å². The Hall–Kier alpha value is -0.910. The van der Waals surface area contributed by atoms with Gasteiger partial charge in [-0.2, -0.15) is 0 Å². The maximum absolute atomic E-state index is 12.4. The van der Waals surface area contributed by atoms with Gasteiger partial charge in [-0.25, -0.2) is 0 Å². The van der Waals surface area contributed by atoms with Crippen LogP contribution in [0.25, 0.3) is 0 Å². The third kappa shape index (κ3) is 37.2. The molecule has 0 aliphatic rings. The molecule has 0 aromatic carbocycles. The monoisotopic (exact) mass is 722 g/mol. The van der Waals surface area contributed by atoms with Crippen LogP contribution in [-0.4, -0.2) is 46.1 Å². The van der Waals surface area contributed by atoms with Crippen molar-refractivity contribution in [2.45, 2.75) is 270 Å². The first-order valence-electron chi connectivity index (χ1n) is 23.0. The molecule has 0 heterocycles. The number of aliphatic hydroxyl groups excluding tert-OH is 3. The molecular weight excluding hydrogens is 631 g/mol. The maximum atomic E-state index is 12.4. The Bertz CT molecular complexity index is 713. The van der Waals surface area contributed by atoms with E-state index >= 15 is 0 Å². The minimum Gasteiger partial charge on any atom is -0.394 e. The number of nitrogens with one attached hydrogen (secondary N) is 1. The van der Waals surface area contributed by atoms with E-state index in [0.29, 0.717) is 6.42 Å². The van der Waals surface area contributed by atoms with E-state index in [1.807, 2.05) is 6.08 Å². The SMILES string of the molecule is CCCCCCCCCCCCCCCCCCCCCCCCC/C=C/C(O)C(CO)NC(=O)C(O)CCCCCCCCCCCCCC. The standard InChI is InChI=1S/C46H91NO4/c1-3-5-7-9-11-13-15-17-18-19-20-21-22-23-24-25-26-27-28-29-31-32-34-36-38-40-44(49)43(42-48)47-46(51)45(50)41-39-37-35-33-30-16-14-12-10-8-6-4-2/h38,40,43-45,48-50H,3-37,39,41-42H2,1-2H3,(H,47,51)/b40-38+. The summed E-state index contributed by atoms with van der Waals surface area (Å²) in [5.74, 6) is -0.501. The van der Waals surface area contributed by atoms with Gasteiger partial charge in [0.15, 0.2) is 0 Å². The van der Waals surface area contributed by atoms with Crippen molar-refractivity contribution >= 4 is 5.91 Å². The summed E-state index contributed by atoms with van der Waals surface area (Å²) in [7, 11) is 0. The van der Waals surface area contributed by atoms with Gasteiger partial charge >= 0.3 is 0 Å². The average Bonchev–Trinajstić information content (AvgIpc) is 3.13. The molecule has 5 heteroatoms. The first-order valence-corrected chi connectivity index (χ1v) is 23.0. The van der Waals surface area contributed by atoms with E-state index < -0.39 is 24.2 Å². The molecule has 1 amide bonds. The highest BCUT2D eigenvalue weighted by Crippen LogP contribution is 2.17. The Balaban J connectivity index is 3.57. The van der Waals surface area contributed by atoms with Crippen LogP contribution < -0.4 is 5.32 Å². The molecule has 0 fully saturated rings. The molecule has 304 valence electrons. The van der Waals surface area contributed by atoms with E-state index in [1.165, 1.54) is 199 Å². The zero-order valence-electron chi connectivity index (χ0n) is 34.5. The average molecular weight is 722 g/mol. The molecule has 0 saturated heterocycles. The van der Waals surface area contributed by atoms with Gasteiger partial charge in [-0.3, -0.25) is 4.79 Å². The number of unbranched alkanes of at least 4 members (excludes halogenated alkanes) is 34. The van der Waals surface area contributed by atoms with Crippen LogP contribution in [0.3, 0.4) is 0 Å². The van der Waals surface area contributed by atoms with Gasteiger partial charge < -0.3 is 20.6 Å². The molecule has 0 aliphatic heterocycles. The summed E-state index contributed by atoms with van der Waals surface area (Å²) in [5.41, 5.74) is 0. The molecule has 0 aromatic heterocycles. The number of carbonyl (C=O) groups excluding carboxylic acids is 1. The van der Waals surface area contributed by atoms with E-state index in [0.717, 1.165) is 32.1 Å². The molecule has 0 radical (unpaired) electrons. The Labute approximate surface area is 319 Å². The molecule has 3 unspecified atom stereocenters. The third-order valence-corrected chi connectivity index (χ3v) is 10.9. The lowest BCUT2D eigenvalue weighted by Crippen LogP contribution is -2.48. The molecular formula is C46H91NO4. The van der Waals surface area contributed by atoms with Crippen LogP contribution in [0.4, 0.5) is 0 Å². The van der Waals surface area contributed by atoms with E-state index in [-0.39, 0.29) is 6.61 Å². The minimum atomic E-state index is -1.09. The van der Waals surface area contributed by atoms with E-state index in [4.69, 9.17) is 0 Å². The molecule has 0 rings (SSSR count). The van der Waals surface area contributed by atoms with Gasteiger partial charge in [-0.15, -0.1) is 0 Å². The summed E-state index contributed by atoms with van der Waals surface area (Å²) >= 11 is 0. The summed E-state index contributed by atoms with van der Waals surface area (Å²) in [4.78, 5) is 12.4. The summed E-state index contributed by atoms with van der Waals surface area (Å²) in [6, 6.07) is -0.792. The molecule has 0 aromatic rings. The molecule has 3 atom stereocenters. The predicted octanol–water partition coefficient (Wildman–Crippen LogP) is 13.2. The van der Waals surface area contributed by atoms with Crippen molar-refractivity contribution in [3.8, 4) is 0 Å². The van der Waals surface area contributed by atoms with Crippen LogP contribution in [0.1, 0.15) is 251 Å². The number of allylic oxidation sites excluding steroid dienone is 1. The van der Waals surface area contributed by atoms with Crippen molar-refractivity contribution in [2.75, 3.05) is 6.61 Å².